The third-order valence-corrected chi connectivity index (χ3v) is 2.39. The number of halogens is 2. The monoisotopic (exact) mass is 233 g/mol. The van der Waals surface area contributed by atoms with Gasteiger partial charge in [-0.25, -0.2) is 8.42 Å². The summed E-state index contributed by atoms with van der Waals surface area (Å²) in [6, 6.07) is 0. The highest BCUT2D eigenvalue weighted by Crippen LogP contribution is 1.95. The van der Waals surface area contributed by atoms with Gasteiger partial charge in [-0.3, -0.25) is 4.90 Å². The van der Waals surface area contributed by atoms with Crippen LogP contribution in [0.5, 0.6) is 0 Å². The lowest BCUT2D eigenvalue weighted by Crippen LogP contribution is -2.32. The number of sulfone groups is 1. The highest BCUT2D eigenvalue weighted by atomic mass is 35.5. The molecule has 0 aliphatic heterocycles. The molecule has 0 aromatic carbocycles. The molecule has 0 heterocycles. The van der Waals surface area contributed by atoms with E-state index in [0.29, 0.717) is 24.8 Å². The van der Waals surface area contributed by atoms with Crippen molar-refractivity contribution in [2.45, 2.75) is 0 Å². The summed E-state index contributed by atoms with van der Waals surface area (Å²) in [5.41, 5.74) is 0. The van der Waals surface area contributed by atoms with E-state index in [-0.39, 0.29) is 5.88 Å². The van der Waals surface area contributed by atoms with Crippen LogP contribution < -0.4 is 0 Å². The number of alkyl halides is 2. The minimum atomic E-state index is -2.96. The molecule has 0 unspecified atom stereocenters. The van der Waals surface area contributed by atoms with Gasteiger partial charge in [0.15, 0.2) is 9.84 Å². The van der Waals surface area contributed by atoms with E-state index < -0.39 is 9.84 Å². The minimum absolute atomic E-state index is 0.0342. The van der Waals surface area contributed by atoms with Crippen LogP contribution in [0.1, 0.15) is 0 Å². The van der Waals surface area contributed by atoms with Crippen molar-refractivity contribution < 1.29 is 8.42 Å². The van der Waals surface area contributed by atoms with Gasteiger partial charge in [0, 0.05) is 31.1 Å². The maximum absolute atomic E-state index is 10.9. The summed E-state index contributed by atoms with van der Waals surface area (Å²) in [6.45, 7) is 1.11. The highest BCUT2D eigenvalue weighted by Gasteiger charge is 2.10. The average Bonchev–Trinajstić information content (AvgIpc) is 1.84. The molecule has 0 fully saturated rings. The molecule has 0 spiro atoms. The van der Waals surface area contributed by atoms with Gasteiger partial charge in [0.1, 0.15) is 5.88 Å². The Balaban J connectivity index is 3.95. The second kappa shape index (κ2) is 6.02. The summed E-state index contributed by atoms with van der Waals surface area (Å²) < 4.78 is 21.7. The van der Waals surface area contributed by atoms with Crippen LogP contribution in [0.15, 0.2) is 0 Å². The van der Waals surface area contributed by atoms with E-state index in [0.717, 1.165) is 0 Å². The Kier molecular flexibility index (Phi) is 6.27. The van der Waals surface area contributed by atoms with Crippen molar-refractivity contribution in [2.75, 3.05) is 37.0 Å². The van der Waals surface area contributed by atoms with Crippen molar-refractivity contribution in [3.8, 4) is 0 Å². The zero-order chi connectivity index (χ0) is 9.61. The lowest BCUT2D eigenvalue weighted by atomic mass is 10.6. The fourth-order valence-electron chi connectivity index (χ4n) is 0.812. The Hall–Kier alpha value is 0.490. The van der Waals surface area contributed by atoms with Crippen LogP contribution in [0.25, 0.3) is 0 Å². The van der Waals surface area contributed by atoms with Crippen molar-refractivity contribution in [3.63, 3.8) is 0 Å². The van der Waals surface area contributed by atoms with Crippen molar-refractivity contribution in [3.05, 3.63) is 0 Å². The van der Waals surface area contributed by atoms with Crippen LogP contribution in [0.2, 0.25) is 0 Å². The van der Waals surface area contributed by atoms with Crippen molar-refractivity contribution in [1.29, 1.82) is 0 Å². The summed E-state index contributed by atoms with van der Waals surface area (Å²) in [7, 11) is -2.96. The standard InChI is InChI=1S/C6H13Cl2NO2S/c1-12(10,11)6-9(4-2-7)5-3-8/h2-6H2,1H3. The molecule has 0 aromatic rings. The van der Waals surface area contributed by atoms with Crippen LogP contribution in [0.4, 0.5) is 0 Å². The highest BCUT2D eigenvalue weighted by molar-refractivity contribution is 7.90. The van der Waals surface area contributed by atoms with E-state index in [2.05, 4.69) is 0 Å². The summed E-state index contributed by atoms with van der Waals surface area (Å²) in [5, 5.41) is 0. The fraction of sp³-hybridized carbons (Fsp3) is 1.00. The zero-order valence-electron chi connectivity index (χ0n) is 6.96. The van der Waals surface area contributed by atoms with Crippen molar-refractivity contribution in [1.82, 2.24) is 4.90 Å². The number of rotatable bonds is 6. The quantitative estimate of drug-likeness (QED) is 0.637. The molecule has 0 rings (SSSR count). The van der Waals surface area contributed by atoms with Gasteiger partial charge in [-0.2, -0.15) is 0 Å². The Bertz CT molecular complexity index is 200. The van der Waals surface area contributed by atoms with E-state index in [4.69, 9.17) is 23.2 Å². The minimum Gasteiger partial charge on any atom is -0.287 e. The first-order valence-electron chi connectivity index (χ1n) is 3.51. The molecule has 0 saturated heterocycles. The molecule has 74 valence electrons. The lowest BCUT2D eigenvalue weighted by Gasteiger charge is -2.17. The fourth-order valence-corrected chi connectivity index (χ4v) is 2.21. The first-order valence-corrected chi connectivity index (χ1v) is 6.64. The van der Waals surface area contributed by atoms with Crippen LogP contribution in [-0.2, 0) is 9.84 Å². The van der Waals surface area contributed by atoms with Crippen LogP contribution in [0.3, 0.4) is 0 Å². The van der Waals surface area contributed by atoms with Gasteiger partial charge < -0.3 is 0 Å². The van der Waals surface area contributed by atoms with Crippen molar-refractivity contribution >= 4 is 33.0 Å². The second-order valence-corrected chi connectivity index (χ2v) is 5.42. The molecule has 0 aliphatic rings. The predicted octanol–water partition coefficient (Wildman–Crippen LogP) is 0.768. The van der Waals surface area contributed by atoms with E-state index in [1.54, 1.807) is 4.90 Å². The normalized spacial score (nSPS) is 12.3. The van der Waals surface area contributed by atoms with Gasteiger partial charge in [0.2, 0.25) is 0 Å². The molecule has 0 aliphatic carbocycles. The van der Waals surface area contributed by atoms with E-state index in [1.807, 2.05) is 0 Å². The molecule has 0 atom stereocenters. The largest absolute Gasteiger partial charge is 0.287 e. The molecule has 0 N–H and O–H groups in total. The summed E-state index contributed by atoms with van der Waals surface area (Å²) in [4.78, 5) is 1.72. The van der Waals surface area contributed by atoms with Gasteiger partial charge in [-0.05, 0) is 0 Å². The van der Waals surface area contributed by atoms with Crippen molar-refractivity contribution in [2.24, 2.45) is 0 Å². The lowest BCUT2D eigenvalue weighted by molar-refractivity contribution is 0.353. The topological polar surface area (TPSA) is 37.4 Å². The summed E-state index contributed by atoms with van der Waals surface area (Å²) in [6.07, 6.45) is 1.20. The molecule has 0 amide bonds. The first kappa shape index (κ1) is 12.5. The summed E-state index contributed by atoms with van der Waals surface area (Å²) in [5.74, 6) is 0.880. The SMILES string of the molecule is CS(=O)(=O)CN(CCCl)CCCl. The Morgan fingerprint density at radius 1 is 1.17 bits per heavy atom. The maximum Gasteiger partial charge on any atom is 0.160 e. The van der Waals surface area contributed by atoms with Crippen LogP contribution in [-0.4, -0.2) is 50.3 Å². The maximum atomic E-state index is 10.9. The summed E-state index contributed by atoms with van der Waals surface area (Å²) >= 11 is 11.0. The Morgan fingerprint density at radius 3 is 1.83 bits per heavy atom. The molecule has 6 heteroatoms. The first-order chi connectivity index (χ1) is 5.49. The second-order valence-electron chi connectivity index (χ2n) is 2.55. The molecule has 0 aromatic heterocycles. The van der Waals surface area contributed by atoms with Gasteiger partial charge >= 0.3 is 0 Å². The zero-order valence-corrected chi connectivity index (χ0v) is 9.29. The van der Waals surface area contributed by atoms with E-state index >= 15 is 0 Å². The molecule has 0 bridgehead atoms. The number of nitrogens with zero attached hydrogens (tertiary/aromatic N) is 1. The molecule has 3 nitrogen and oxygen atoms in total. The molecular weight excluding hydrogens is 221 g/mol. The predicted molar refractivity (Wildman–Crippen MR) is 52.7 cm³/mol. The molecule has 0 radical (unpaired) electrons. The van der Waals surface area contributed by atoms with Gasteiger partial charge in [0.05, 0.1) is 0 Å². The van der Waals surface area contributed by atoms with Crippen LogP contribution >= 0.6 is 23.2 Å². The molecule has 12 heavy (non-hydrogen) atoms. The van der Waals surface area contributed by atoms with E-state index in [9.17, 15) is 8.42 Å². The van der Waals surface area contributed by atoms with Gasteiger partial charge in [0.25, 0.3) is 0 Å². The van der Waals surface area contributed by atoms with Gasteiger partial charge in [-0.15, -0.1) is 23.2 Å². The van der Waals surface area contributed by atoms with Gasteiger partial charge in [-0.1, -0.05) is 0 Å². The van der Waals surface area contributed by atoms with Crippen LogP contribution in [0, 0.1) is 0 Å². The average molecular weight is 234 g/mol. The Labute approximate surface area is 83.6 Å². The van der Waals surface area contributed by atoms with E-state index in [1.165, 1.54) is 6.26 Å². The smallest absolute Gasteiger partial charge is 0.160 e. The third-order valence-electron chi connectivity index (χ3n) is 1.22. The third kappa shape index (κ3) is 7.16. The Morgan fingerprint density at radius 2 is 1.58 bits per heavy atom. The molecular formula is C6H13Cl2NO2S. The molecule has 0 saturated carbocycles. The number of hydrogen-bond acceptors (Lipinski definition) is 3. The number of hydrogen-bond donors (Lipinski definition) is 0.